The number of ether oxygens (including phenoxy) is 2. The van der Waals surface area contributed by atoms with E-state index in [-0.39, 0.29) is 31.2 Å². The molecule has 2 aromatic rings. The monoisotopic (exact) mass is 466 g/mol. The van der Waals surface area contributed by atoms with Crippen LogP contribution in [0.15, 0.2) is 36.4 Å². The Labute approximate surface area is 176 Å². The van der Waals surface area contributed by atoms with Gasteiger partial charge in [-0.25, -0.2) is 9.59 Å². The van der Waals surface area contributed by atoms with E-state index in [4.69, 9.17) is 46.4 Å². The van der Waals surface area contributed by atoms with Gasteiger partial charge in [0.2, 0.25) is 0 Å². The van der Waals surface area contributed by atoms with Gasteiger partial charge in [-0.1, -0.05) is 46.4 Å². The first kappa shape index (κ1) is 21.8. The first-order chi connectivity index (χ1) is 13.2. The third-order valence-electron chi connectivity index (χ3n) is 2.83. The van der Waals surface area contributed by atoms with Crippen LogP contribution in [0.3, 0.4) is 0 Å². The number of benzene rings is 2. The van der Waals surface area contributed by atoms with Gasteiger partial charge in [-0.3, -0.25) is 0 Å². The highest BCUT2D eigenvalue weighted by atomic mass is 35.5. The largest absolute Gasteiger partial charge is 0.558 e. The van der Waals surface area contributed by atoms with Gasteiger partial charge < -0.3 is 9.47 Å². The third-order valence-corrected chi connectivity index (χ3v) is 3.93. The van der Waals surface area contributed by atoms with Crippen LogP contribution in [0, 0.1) is 0 Å². The molecule has 0 unspecified atom stereocenters. The maximum absolute atomic E-state index is 11.8. The molecule has 0 saturated carbocycles. The van der Waals surface area contributed by atoms with Gasteiger partial charge in [0.1, 0.15) is 0 Å². The quantitative estimate of drug-likeness (QED) is 0.246. The maximum atomic E-state index is 11.8. The topological polar surface area (TPSA) is 105 Å². The summed E-state index contributed by atoms with van der Waals surface area (Å²) < 4.78 is 8.50. The average Bonchev–Trinajstić information content (AvgIpc) is 2.59. The molecule has 0 aliphatic carbocycles. The summed E-state index contributed by atoms with van der Waals surface area (Å²) in [4.78, 5) is 54.1. The van der Waals surface area contributed by atoms with Gasteiger partial charge in [0.15, 0.2) is 0 Å². The first-order valence-corrected chi connectivity index (χ1v) is 8.45. The van der Waals surface area contributed by atoms with Crippen LogP contribution in [0.4, 0.5) is 9.59 Å². The maximum Gasteiger partial charge on any atom is 0.558 e. The van der Waals surface area contributed by atoms with Crippen molar-refractivity contribution in [2.45, 2.75) is 0 Å². The predicted octanol–water partition coefficient (Wildman–Crippen LogP) is 5.50. The minimum atomic E-state index is -1.72. The zero-order chi connectivity index (χ0) is 20.8. The van der Waals surface area contributed by atoms with Crippen LogP contribution < -0.4 is 0 Å². The molecule has 0 aliphatic rings. The van der Waals surface area contributed by atoms with E-state index < -0.39 is 24.2 Å². The Bertz CT molecular complexity index is 882. The molecule has 2 aromatic carbocycles. The molecular formula is C16H6Cl4O8. The molecular weight excluding hydrogens is 462 g/mol. The van der Waals surface area contributed by atoms with Crippen LogP contribution >= 0.6 is 46.4 Å². The minimum Gasteiger partial charge on any atom is -0.354 e. The van der Waals surface area contributed by atoms with Gasteiger partial charge in [0, 0.05) is 10.0 Å². The summed E-state index contributed by atoms with van der Waals surface area (Å²) in [5.74, 6) is -2.40. The average molecular weight is 468 g/mol. The molecule has 8 nitrogen and oxygen atoms in total. The lowest BCUT2D eigenvalue weighted by Crippen LogP contribution is -2.19. The molecule has 0 aliphatic heterocycles. The Kier molecular flexibility index (Phi) is 7.47. The Morgan fingerprint density at radius 1 is 0.607 bits per heavy atom. The normalized spacial score (nSPS) is 10.0. The molecule has 0 N–H and O–H groups in total. The molecule has 2 rings (SSSR count). The van der Waals surface area contributed by atoms with Crippen LogP contribution in [0.2, 0.25) is 20.1 Å². The molecule has 12 heteroatoms. The van der Waals surface area contributed by atoms with E-state index in [1.54, 1.807) is 0 Å². The lowest BCUT2D eigenvalue weighted by atomic mass is 10.2. The zero-order valence-corrected chi connectivity index (χ0v) is 16.3. The second-order valence-electron chi connectivity index (χ2n) is 4.69. The van der Waals surface area contributed by atoms with E-state index in [2.05, 4.69) is 19.2 Å². The lowest BCUT2D eigenvalue weighted by Gasteiger charge is -2.06. The molecule has 0 bridgehead atoms. The summed E-state index contributed by atoms with van der Waals surface area (Å²) in [5.41, 5.74) is -0.392. The highest BCUT2D eigenvalue weighted by Gasteiger charge is 2.22. The van der Waals surface area contributed by atoms with Gasteiger partial charge in [0.25, 0.3) is 0 Å². The molecule has 0 fully saturated rings. The van der Waals surface area contributed by atoms with Crippen molar-refractivity contribution in [3.05, 3.63) is 67.6 Å². The van der Waals surface area contributed by atoms with Crippen LogP contribution in [0.1, 0.15) is 20.7 Å². The minimum absolute atomic E-state index is 0.0870. The molecule has 0 saturated heterocycles. The summed E-state index contributed by atoms with van der Waals surface area (Å²) in [7, 11) is 0. The fourth-order valence-electron chi connectivity index (χ4n) is 1.67. The molecule has 0 amide bonds. The van der Waals surface area contributed by atoms with Crippen molar-refractivity contribution in [2.24, 2.45) is 0 Å². The second kappa shape index (κ2) is 9.61. The molecule has 28 heavy (non-hydrogen) atoms. The van der Waals surface area contributed by atoms with Crippen LogP contribution in [-0.2, 0) is 19.2 Å². The number of carbonyl (C=O) groups excluding carboxylic acids is 4. The summed E-state index contributed by atoms with van der Waals surface area (Å²) in [5, 5.41) is 0.327. The SMILES string of the molecule is O=C(OOC(=O)OC(=O)c1ccc(Cl)cc1Cl)OC(=O)c1ccc(Cl)cc1Cl. The van der Waals surface area contributed by atoms with Gasteiger partial charge in [-0.15, -0.1) is 0 Å². The summed E-state index contributed by atoms with van der Waals surface area (Å²) in [6.07, 6.45) is -3.44. The van der Waals surface area contributed by atoms with Crippen LogP contribution in [0.5, 0.6) is 0 Å². The van der Waals surface area contributed by atoms with Gasteiger partial charge >= 0.3 is 24.2 Å². The summed E-state index contributed by atoms with van der Waals surface area (Å²) in [6.45, 7) is 0. The molecule has 0 radical (unpaired) electrons. The zero-order valence-electron chi connectivity index (χ0n) is 13.2. The van der Waals surface area contributed by atoms with E-state index in [9.17, 15) is 19.2 Å². The van der Waals surface area contributed by atoms with E-state index >= 15 is 0 Å². The van der Waals surface area contributed by atoms with E-state index in [0.717, 1.165) is 0 Å². The highest BCUT2D eigenvalue weighted by molar-refractivity contribution is 6.37. The van der Waals surface area contributed by atoms with Crippen LogP contribution in [-0.4, -0.2) is 24.2 Å². The number of hydrogen-bond donors (Lipinski definition) is 0. The molecule has 0 atom stereocenters. The van der Waals surface area contributed by atoms with Gasteiger partial charge in [-0.05, 0) is 36.4 Å². The van der Waals surface area contributed by atoms with Crippen LogP contribution in [0.25, 0.3) is 0 Å². The fraction of sp³-hybridized carbons (Fsp3) is 0. The number of halogens is 4. The van der Waals surface area contributed by atoms with E-state index in [0.29, 0.717) is 0 Å². The Balaban J connectivity index is 1.85. The Hall–Kier alpha value is -2.52. The Morgan fingerprint density at radius 3 is 1.29 bits per heavy atom. The van der Waals surface area contributed by atoms with Crippen molar-refractivity contribution in [3.63, 3.8) is 0 Å². The smallest absolute Gasteiger partial charge is 0.354 e. The molecule has 146 valence electrons. The predicted molar refractivity (Wildman–Crippen MR) is 96.7 cm³/mol. The van der Waals surface area contributed by atoms with Crippen molar-refractivity contribution in [2.75, 3.05) is 0 Å². The van der Waals surface area contributed by atoms with Crippen molar-refractivity contribution < 1.29 is 38.4 Å². The second-order valence-corrected chi connectivity index (χ2v) is 6.38. The number of rotatable bonds is 2. The third kappa shape index (κ3) is 6.00. The number of carbonyl (C=O) groups is 4. The standard InChI is InChI=1S/C16H6Cl4O8/c17-7-1-3-9(11(19)5-7)13(21)25-15(23)27-28-16(24)26-14(22)10-4-2-8(18)6-12(10)20/h1-6H. The van der Waals surface area contributed by atoms with E-state index in [1.165, 1.54) is 36.4 Å². The number of esters is 2. The fourth-order valence-corrected chi connectivity index (χ4v) is 2.64. The highest BCUT2D eigenvalue weighted by Crippen LogP contribution is 2.23. The summed E-state index contributed by atoms with van der Waals surface area (Å²) >= 11 is 22.9. The molecule has 0 aromatic heterocycles. The van der Waals surface area contributed by atoms with Crippen molar-refractivity contribution in [1.82, 2.24) is 0 Å². The molecule has 0 heterocycles. The van der Waals surface area contributed by atoms with Gasteiger partial charge in [-0.2, -0.15) is 19.4 Å². The Morgan fingerprint density at radius 2 is 0.964 bits per heavy atom. The number of hydrogen-bond acceptors (Lipinski definition) is 8. The summed E-state index contributed by atoms with van der Waals surface area (Å²) in [6, 6.07) is 7.54. The van der Waals surface area contributed by atoms with Crippen molar-refractivity contribution in [3.8, 4) is 0 Å². The molecule has 0 spiro atoms. The van der Waals surface area contributed by atoms with Gasteiger partial charge in [0.05, 0.1) is 21.2 Å². The first-order valence-electron chi connectivity index (χ1n) is 6.94. The van der Waals surface area contributed by atoms with E-state index in [1.807, 2.05) is 0 Å². The lowest BCUT2D eigenvalue weighted by molar-refractivity contribution is -0.208. The van der Waals surface area contributed by atoms with Crippen molar-refractivity contribution >= 4 is 70.7 Å². The van der Waals surface area contributed by atoms with Crippen molar-refractivity contribution in [1.29, 1.82) is 0 Å².